The molecule has 0 saturated carbocycles. The molecule has 0 aliphatic heterocycles. The standard InChI is InChI=1S/C12H15BrN4OS/c1-8(2)17-12(18)11(13)9(7-16-17)14-4-3-10-15-5-6-19-10/h5-8,14H,3-4H2,1-2H3. The maximum absolute atomic E-state index is 12.0. The first-order valence-electron chi connectivity index (χ1n) is 5.99. The van der Waals surface area contributed by atoms with Gasteiger partial charge in [0.25, 0.3) is 5.56 Å². The van der Waals surface area contributed by atoms with E-state index < -0.39 is 0 Å². The van der Waals surface area contributed by atoms with E-state index in [0.29, 0.717) is 4.47 Å². The van der Waals surface area contributed by atoms with Crippen molar-refractivity contribution >= 4 is 33.0 Å². The zero-order chi connectivity index (χ0) is 13.8. The molecule has 2 aromatic heterocycles. The SMILES string of the molecule is CC(C)n1ncc(NCCc2nccs2)c(Br)c1=O. The average molecular weight is 343 g/mol. The Morgan fingerprint density at radius 3 is 2.95 bits per heavy atom. The van der Waals surface area contributed by atoms with E-state index in [4.69, 9.17) is 0 Å². The van der Waals surface area contributed by atoms with E-state index in [1.807, 2.05) is 19.2 Å². The van der Waals surface area contributed by atoms with Crippen molar-refractivity contribution in [2.45, 2.75) is 26.3 Å². The van der Waals surface area contributed by atoms with Crippen LogP contribution in [0, 0.1) is 0 Å². The Hall–Kier alpha value is -1.21. The van der Waals surface area contributed by atoms with Gasteiger partial charge >= 0.3 is 0 Å². The Balaban J connectivity index is 2.05. The summed E-state index contributed by atoms with van der Waals surface area (Å²) in [5.41, 5.74) is 0.604. The summed E-state index contributed by atoms with van der Waals surface area (Å²) in [4.78, 5) is 16.2. The van der Waals surface area contributed by atoms with E-state index >= 15 is 0 Å². The first-order chi connectivity index (χ1) is 9.09. The summed E-state index contributed by atoms with van der Waals surface area (Å²) in [6, 6.07) is 0.0492. The highest BCUT2D eigenvalue weighted by atomic mass is 79.9. The van der Waals surface area contributed by atoms with E-state index in [1.54, 1.807) is 23.7 Å². The molecule has 0 atom stereocenters. The van der Waals surface area contributed by atoms with Crippen LogP contribution in [-0.4, -0.2) is 21.3 Å². The molecule has 19 heavy (non-hydrogen) atoms. The number of nitrogens with zero attached hydrogens (tertiary/aromatic N) is 3. The molecule has 7 heteroatoms. The average Bonchev–Trinajstić information content (AvgIpc) is 2.87. The summed E-state index contributed by atoms with van der Waals surface area (Å²) < 4.78 is 1.98. The summed E-state index contributed by atoms with van der Waals surface area (Å²) in [5.74, 6) is 0. The van der Waals surface area contributed by atoms with Crippen LogP contribution in [0.3, 0.4) is 0 Å². The molecule has 0 radical (unpaired) electrons. The minimum Gasteiger partial charge on any atom is -0.382 e. The smallest absolute Gasteiger partial charge is 0.283 e. The van der Waals surface area contributed by atoms with E-state index in [0.717, 1.165) is 23.7 Å². The van der Waals surface area contributed by atoms with Gasteiger partial charge in [0.05, 0.1) is 22.9 Å². The highest BCUT2D eigenvalue weighted by molar-refractivity contribution is 9.10. The Bertz CT molecular complexity index is 594. The Morgan fingerprint density at radius 1 is 1.53 bits per heavy atom. The van der Waals surface area contributed by atoms with Crippen molar-refractivity contribution in [1.29, 1.82) is 0 Å². The lowest BCUT2D eigenvalue weighted by Gasteiger charge is -2.12. The number of thiazole rings is 1. The van der Waals surface area contributed by atoms with Gasteiger partial charge in [0.2, 0.25) is 0 Å². The lowest BCUT2D eigenvalue weighted by atomic mass is 10.3. The number of halogens is 1. The van der Waals surface area contributed by atoms with Crippen molar-refractivity contribution in [3.8, 4) is 0 Å². The summed E-state index contributed by atoms with van der Waals surface area (Å²) in [7, 11) is 0. The molecular weight excluding hydrogens is 328 g/mol. The van der Waals surface area contributed by atoms with Gasteiger partial charge in [0.1, 0.15) is 4.47 Å². The molecule has 2 heterocycles. The Kier molecular flexibility index (Phi) is 4.71. The maximum Gasteiger partial charge on any atom is 0.283 e. The molecule has 0 amide bonds. The van der Waals surface area contributed by atoms with E-state index in [1.165, 1.54) is 4.68 Å². The third-order valence-electron chi connectivity index (χ3n) is 2.57. The lowest BCUT2D eigenvalue weighted by Crippen LogP contribution is -2.26. The van der Waals surface area contributed by atoms with Gasteiger partial charge in [-0.25, -0.2) is 9.67 Å². The minimum absolute atomic E-state index is 0.0492. The number of anilines is 1. The monoisotopic (exact) mass is 342 g/mol. The van der Waals surface area contributed by atoms with Gasteiger partial charge in [-0.3, -0.25) is 4.79 Å². The first kappa shape index (κ1) is 14.2. The topological polar surface area (TPSA) is 59.8 Å². The number of rotatable bonds is 5. The van der Waals surface area contributed by atoms with Crippen molar-refractivity contribution in [3.05, 3.63) is 37.6 Å². The largest absolute Gasteiger partial charge is 0.382 e. The maximum atomic E-state index is 12.0. The summed E-state index contributed by atoms with van der Waals surface area (Å²) in [5, 5.41) is 10.4. The van der Waals surface area contributed by atoms with Crippen molar-refractivity contribution in [3.63, 3.8) is 0 Å². The minimum atomic E-state index is -0.116. The fraction of sp³-hybridized carbons (Fsp3) is 0.417. The second-order valence-electron chi connectivity index (χ2n) is 4.32. The molecule has 102 valence electrons. The van der Waals surface area contributed by atoms with Crippen LogP contribution < -0.4 is 10.9 Å². The fourth-order valence-electron chi connectivity index (χ4n) is 1.62. The van der Waals surface area contributed by atoms with Crippen LogP contribution in [0.5, 0.6) is 0 Å². The lowest BCUT2D eigenvalue weighted by molar-refractivity contribution is 0.501. The molecule has 0 saturated heterocycles. The zero-order valence-electron chi connectivity index (χ0n) is 10.8. The Morgan fingerprint density at radius 2 is 2.32 bits per heavy atom. The van der Waals surface area contributed by atoms with E-state index in [-0.39, 0.29) is 11.6 Å². The number of hydrogen-bond acceptors (Lipinski definition) is 5. The predicted molar refractivity (Wildman–Crippen MR) is 80.9 cm³/mol. The number of nitrogens with one attached hydrogen (secondary N) is 1. The normalized spacial score (nSPS) is 10.9. The summed E-state index contributed by atoms with van der Waals surface area (Å²) in [6.45, 7) is 4.58. The zero-order valence-corrected chi connectivity index (χ0v) is 13.2. The van der Waals surface area contributed by atoms with Crippen molar-refractivity contribution in [2.75, 3.05) is 11.9 Å². The van der Waals surface area contributed by atoms with E-state index in [2.05, 4.69) is 31.3 Å². The van der Waals surface area contributed by atoms with Crippen LogP contribution in [0.25, 0.3) is 0 Å². The van der Waals surface area contributed by atoms with Gasteiger partial charge in [0.15, 0.2) is 0 Å². The molecule has 1 N–H and O–H groups in total. The molecule has 0 aliphatic carbocycles. The van der Waals surface area contributed by atoms with Crippen molar-refractivity contribution in [2.24, 2.45) is 0 Å². The van der Waals surface area contributed by atoms with Crippen molar-refractivity contribution < 1.29 is 0 Å². The van der Waals surface area contributed by atoms with E-state index in [9.17, 15) is 4.79 Å². The third kappa shape index (κ3) is 3.42. The molecule has 2 rings (SSSR count). The van der Waals surface area contributed by atoms with Gasteiger partial charge < -0.3 is 5.32 Å². The number of hydrogen-bond donors (Lipinski definition) is 1. The molecule has 5 nitrogen and oxygen atoms in total. The van der Waals surface area contributed by atoms with Crippen LogP contribution in [0.2, 0.25) is 0 Å². The van der Waals surface area contributed by atoms with Gasteiger partial charge in [0, 0.05) is 24.5 Å². The predicted octanol–water partition coefficient (Wildman–Crippen LogP) is 2.70. The quantitative estimate of drug-likeness (QED) is 0.907. The van der Waals surface area contributed by atoms with Crippen LogP contribution in [0.1, 0.15) is 24.9 Å². The highest BCUT2D eigenvalue weighted by Crippen LogP contribution is 2.17. The van der Waals surface area contributed by atoms with Crippen molar-refractivity contribution in [1.82, 2.24) is 14.8 Å². The van der Waals surface area contributed by atoms with Crippen LogP contribution in [-0.2, 0) is 6.42 Å². The molecule has 0 aliphatic rings. The molecule has 0 aromatic carbocycles. The van der Waals surface area contributed by atoms with Gasteiger partial charge in [-0.15, -0.1) is 11.3 Å². The fourth-order valence-corrected chi connectivity index (χ4v) is 2.66. The summed E-state index contributed by atoms with van der Waals surface area (Å²) in [6.07, 6.45) is 4.30. The Labute approximate surface area is 123 Å². The number of aromatic nitrogens is 3. The third-order valence-corrected chi connectivity index (χ3v) is 4.18. The molecule has 0 fully saturated rings. The van der Waals surface area contributed by atoms with Gasteiger partial charge in [-0.1, -0.05) is 0 Å². The first-order valence-corrected chi connectivity index (χ1v) is 7.66. The molecular formula is C12H15BrN4OS. The van der Waals surface area contributed by atoms with Gasteiger partial charge in [-0.05, 0) is 29.8 Å². The molecule has 0 bridgehead atoms. The van der Waals surface area contributed by atoms with Crippen LogP contribution in [0.15, 0.2) is 27.0 Å². The van der Waals surface area contributed by atoms with Crippen LogP contribution in [0.4, 0.5) is 5.69 Å². The second kappa shape index (κ2) is 6.29. The molecule has 0 spiro atoms. The molecule has 0 unspecified atom stereocenters. The van der Waals surface area contributed by atoms with Crippen LogP contribution >= 0.6 is 27.3 Å². The molecule has 2 aromatic rings. The second-order valence-corrected chi connectivity index (χ2v) is 6.09. The highest BCUT2D eigenvalue weighted by Gasteiger charge is 2.10. The summed E-state index contributed by atoms with van der Waals surface area (Å²) >= 11 is 4.96. The van der Waals surface area contributed by atoms with Gasteiger partial charge in [-0.2, -0.15) is 5.10 Å².